The van der Waals surface area contributed by atoms with Gasteiger partial charge >= 0.3 is 6.03 Å². The van der Waals surface area contributed by atoms with Gasteiger partial charge < -0.3 is 10.2 Å². The van der Waals surface area contributed by atoms with E-state index in [4.69, 9.17) is 0 Å². The molecule has 0 aliphatic rings. The molecule has 0 spiro atoms. The molecule has 0 saturated heterocycles. The van der Waals surface area contributed by atoms with Crippen LogP contribution in [0.3, 0.4) is 0 Å². The molecule has 2 amide bonds. The first-order valence-corrected chi connectivity index (χ1v) is 5.13. The van der Waals surface area contributed by atoms with Gasteiger partial charge in [-0.25, -0.2) is 4.79 Å². The van der Waals surface area contributed by atoms with E-state index >= 15 is 0 Å². The Morgan fingerprint density at radius 3 is 2.80 bits per heavy atom. The quantitative estimate of drug-likeness (QED) is 0.821. The highest BCUT2D eigenvalue weighted by Crippen LogP contribution is 2.13. The van der Waals surface area contributed by atoms with Gasteiger partial charge in [-0.05, 0) is 13.3 Å². The number of nitrogens with zero attached hydrogens (tertiary/aromatic N) is 3. The van der Waals surface area contributed by atoms with Gasteiger partial charge in [-0.1, -0.05) is 6.92 Å². The normalized spacial score (nSPS) is 10.1. The van der Waals surface area contributed by atoms with Crippen LogP contribution in [0.2, 0.25) is 0 Å². The molecule has 0 radical (unpaired) electrons. The number of aromatic nitrogens is 2. The summed E-state index contributed by atoms with van der Waals surface area (Å²) >= 11 is 0. The fourth-order valence-corrected chi connectivity index (χ4v) is 1.25. The first-order chi connectivity index (χ1) is 7.08. The van der Waals surface area contributed by atoms with Gasteiger partial charge in [0.2, 0.25) is 0 Å². The number of carbonyl (C=O) groups excluding carboxylic acids is 1. The molecule has 0 aliphatic heterocycles. The van der Waals surface area contributed by atoms with Crippen LogP contribution in [0.1, 0.15) is 19.5 Å². The molecule has 5 nitrogen and oxygen atoms in total. The van der Waals surface area contributed by atoms with Crippen molar-refractivity contribution in [1.29, 1.82) is 0 Å². The highest BCUT2D eigenvalue weighted by Gasteiger charge is 2.11. The molecule has 15 heavy (non-hydrogen) atoms. The highest BCUT2D eigenvalue weighted by molar-refractivity contribution is 5.89. The van der Waals surface area contributed by atoms with Gasteiger partial charge in [0.1, 0.15) is 0 Å². The van der Waals surface area contributed by atoms with Crippen LogP contribution in [-0.4, -0.2) is 34.3 Å². The van der Waals surface area contributed by atoms with Crippen molar-refractivity contribution in [1.82, 2.24) is 14.7 Å². The molecule has 1 rings (SSSR count). The van der Waals surface area contributed by atoms with E-state index in [2.05, 4.69) is 10.4 Å². The zero-order valence-corrected chi connectivity index (χ0v) is 9.74. The minimum Gasteiger partial charge on any atom is -0.328 e. The number of amides is 2. The maximum atomic E-state index is 11.6. The van der Waals surface area contributed by atoms with Crippen molar-refractivity contribution < 1.29 is 4.79 Å². The van der Waals surface area contributed by atoms with Gasteiger partial charge in [0.05, 0.1) is 11.4 Å². The van der Waals surface area contributed by atoms with Crippen LogP contribution in [-0.2, 0) is 13.5 Å². The fraction of sp³-hybridized carbons (Fsp3) is 0.600. The third-order valence-corrected chi connectivity index (χ3v) is 2.30. The second-order valence-electron chi connectivity index (χ2n) is 3.46. The average molecular weight is 210 g/mol. The van der Waals surface area contributed by atoms with Gasteiger partial charge in [-0.3, -0.25) is 4.68 Å². The van der Waals surface area contributed by atoms with Crippen LogP contribution in [0.5, 0.6) is 0 Å². The predicted molar refractivity (Wildman–Crippen MR) is 59.9 cm³/mol. The molecule has 0 aliphatic carbocycles. The van der Waals surface area contributed by atoms with E-state index in [1.807, 2.05) is 27.1 Å². The Labute approximate surface area is 90.1 Å². The standard InChI is InChI=1S/C10H18N4O/c1-5-8-9(7-14(4)12-8)11-10(15)13(3)6-2/h7H,5-6H2,1-4H3,(H,11,15). The summed E-state index contributed by atoms with van der Waals surface area (Å²) in [5, 5.41) is 7.09. The molecule has 0 fully saturated rings. The van der Waals surface area contributed by atoms with E-state index in [-0.39, 0.29) is 6.03 Å². The summed E-state index contributed by atoms with van der Waals surface area (Å²) in [6.45, 7) is 4.64. The number of carbonyl (C=O) groups is 1. The van der Waals surface area contributed by atoms with Gasteiger partial charge in [0.25, 0.3) is 0 Å². The van der Waals surface area contributed by atoms with Crippen LogP contribution in [0.15, 0.2) is 6.20 Å². The average Bonchev–Trinajstić information content (AvgIpc) is 2.57. The molecular formula is C10H18N4O. The Balaban J connectivity index is 2.75. The summed E-state index contributed by atoms with van der Waals surface area (Å²) in [6, 6.07) is -0.0970. The summed E-state index contributed by atoms with van der Waals surface area (Å²) in [5.41, 5.74) is 1.71. The second kappa shape index (κ2) is 4.82. The smallest absolute Gasteiger partial charge is 0.321 e. The first kappa shape index (κ1) is 11.6. The van der Waals surface area contributed by atoms with E-state index in [0.29, 0.717) is 6.54 Å². The first-order valence-electron chi connectivity index (χ1n) is 5.13. The molecular weight excluding hydrogens is 192 g/mol. The number of hydrogen-bond acceptors (Lipinski definition) is 2. The zero-order chi connectivity index (χ0) is 11.4. The van der Waals surface area contributed by atoms with Crippen molar-refractivity contribution in [2.45, 2.75) is 20.3 Å². The number of anilines is 1. The van der Waals surface area contributed by atoms with E-state index in [1.54, 1.807) is 16.6 Å². The lowest BCUT2D eigenvalue weighted by atomic mass is 10.3. The predicted octanol–water partition coefficient (Wildman–Crippen LogP) is 1.47. The third-order valence-electron chi connectivity index (χ3n) is 2.30. The summed E-state index contributed by atoms with van der Waals surface area (Å²) in [5.74, 6) is 0. The van der Waals surface area contributed by atoms with Gasteiger partial charge in [0.15, 0.2) is 0 Å². The van der Waals surface area contributed by atoms with Gasteiger partial charge in [-0.15, -0.1) is 0 Å². The summed E-state index contributed by atoms with van der Waals surface area (Å²) in [7, 11) is 3.61. The molecule has 1 aromatic rings. The Bertz CT molecular complexity index is 345. The Morgan fingerprint density at radius 1 is 1.60 bits per heavy atom. The number of urea groups is 1. The molecule has 0 bridgehead atoms. The van der Waals surface area contributed by atoms with Crippen LogP contribution >= 0.6 is 0 Å². The van der Waals surface area contributed by atoms with Crippen molar-refractivity contribution in [3.05, 3.63) is 11.9 Å². The fourth-order valence-electron chi connectivity index (χ4n) is 1.25. The second-order valence-corrected chi connectivity index (χ2v) is 3.46. The van der Waals surface area contributed by atoms with Crippen molar-refractivity contribution >= 4 is 11.7 Å². The van der Waals surface area contributed by atoms with Crippen LogP contribution in [0, 0.1) is 0 Å². The van der Waals surface area contributed by atoms with Crippen molar-refractivity contribution in [2.24, 2.45) is 7.05 Å². The Kier molecular flexibility index (Phi) is 3.71. The zero-order valence-electron chi connectivity index (χ0n) is 9.74. The molecule has 0 atom stereocenters. The number of aryl methyl sites for hydroxylation is 2. The summed E-state index contributed by atoms with van der Waals surface area (Å²) < 4.78 is 1.71. The maximum absolute atomic E-state index is 11.6. The molecule has 84 valence electrons. The third kappa shape index (κ3) is 2.71. The molecule has 5 heteroatoms. The molecule has 1 N–H and O–H groups in total. The number of nitrogens with one attached hydrogen (secondary N) is 1. The van der Waals surface area contributed by atoms with Crippen LogP contribution < -0.4 is 5.32 Å². The van der Waals surface area contributed by atoms with Crippen LogP contribution in [0.4, 0.5) is 10.5 Å². The van der Waals surface area contributed by atoms with Crippen molar-refractivity contribution in [3.63, 3.8) is 0 Å². The molecule has 1 aromatic heterocycles. The molecule has 1 heterocycles. The van der Waals surface area contributed by atoms with Crippen LogP contribution in [0.25, 0.3) is 0 Å². The topological polar surface area (TPSA) is 50.2 Å². The van der Waals surface area contributed by atoms with E-state index in [1.165, 1.54) is 0 Å². The molecule has 0 unspecified atom stereocenters. The number of rotatable bonds is 3. The minimum atomic E-state index is -0.0970. The summed E-state index contributed by atoms with van der Waals surface area (Å²) in [4.78, 5) is 13.2. The van der Waals surface area contributed by atoms with Gasteiger partial charge in [-0.2, -0.15) is 5.10 Å². The molecule has 0 saturated carbocycles. The lowest BCUT2D eigenvalue weighted by Gasteiger charge is -2.14. The largest absolute Gasteiger partial charge is 0.328 e. The minimum absolute atomic E-state index is 0.0970. The van der Waals surface area contributed by atoms with Gasteiger partial charge in [0, 0.05) is 26.8 Å². The van der Waals surface area contributed by atoms with E-state index < -0.39 is 0 Å². The Morgan fingerprint density at radius 2 is 2.27 bits per heavy atom. The Hall–Kier alpha value is -1.52. The maximum Gasteiger partial charge on any atom is 0.321 e. The number of hydrogen-bond donors (Lipinski definition) is 1. The van der Waals surface area contributed by atoms with Crippen molar-refractivity contribution in [3.8, 4) is 0 Å². The van der Waals surface area contributed by atoms with Crippen molar-refractivity contribution in [2.75, 3.05) is 18.9 Å². The lowest BCUT2D eigenvalue weighted by molar-refractivity contribution is 0.224. The lowest BCUT2D eigenvalue weighted by Crippen LogP contribution is -2.31. The monoisotopic (exact) mass is 210 g/mol. The van der Waals surface area contributed by atoms with E-state index in [0.717, 1.165) is 17.8 Å². The summed E-state index contributed by atoms with van der Waals surface area (Å²) in [6.07, 6.45) is 2.63. The highest BCUT2D eigenvalue weighted by atomic mass is 16.2. The SMILES string of the molecule is CCc1nn(C)cc1NC(=O)N(C)CC. The van der Waals surface area contributed by atoms with E-state index in [9.17, 15) is 4.79 Å². The molecule has 0 aromatic carbocycles.